The molecule has 3 rings (SSSR count). The Morgan fingerprint density at radius 1 is 1.11 bits per heavy atom. The van der Waals surface area contributed by atoms with Crippen molar-refractivity contribution in [2.45, 2.75) is 19.0 Å². The van der Waals surface area contributed by atoms with Crippen LogP contribution in [0.5, 0.6) is 0 Å². The van der Waals surface area contributed by atoms with Gasteiger partial charge in [0.25, 0.3) is 5.91 Å². The fourth-order valence-electron chi connectivity index (χ4n) is 2.84. The van der Waals surface area contributed by atoms with Crippen molar-refractivity contribution in [1.29, 1.82) is 0 Å². The molecule has 1 aliphatic heterocycles. The smallest absolute Gasteiger partial charge is 0.352 e. The molecule has 1 N–H and O–H groups in total. The summed E-state index contributed by atoms with van der Waals surface area (Å²) in [5, 5.41) is 2.73. The molecule has 0 bridgehead atoms. The zero-order chi connectivity index (χ0) is 19.4. The van der Waals surface area contributed by atoms with Gasteiger partial charge in [0.15, 0.2) is 5.82 Å². The molecule has 1 fully saturated rings. The predicted molar refractivity (Wildman–Crippen MR) is 88.5 cm³/mol. The van der Waals surface area contributed by atoms with E-state index in [1.807, 2.05) is 4.90 Å². The molecule has 1 amide bonds. The van der Waals surface area contributed by atoms with Crippen molar-refractivity contribution in [1.82, 2.24) is 20.3 Å². The van der Waals surface area contributed by atoms with Gasteiger partial charge < -0.3 is 10.2 Å². The number of hydrogen-bond acceptors (Lipinski definition) is 5. The average Bonchev–Trinajstić information content (AvgIpc) is 2.66. The van der Waals surface area contributed by atoms with Gasteiger partial charge in [-0.25, -0.2) is 14.4 Å². The molecule has 0 unspecified atom stereocenters. The molecule has 0 aliphatic carbocycles. The van der Waals surface area contributed by atoms with Crippen molar-refractivity contribution in [3.05, 3.63) is 47.8 Å². The van der Waals surface area contributed by atoms with Gasteiger partial charge in [0.05, 0.1) is 18.0 Å². The van der Waals surface area contributed by atoms with Crippen LogP contribution in [0, 0.1) is 11.7 Å². The monoisotopic (exact) mass is 383 g/mol. The Morgan fingerprint density at radius 3 is 2.33 bits per heavy atom. The number of hydrogen-bond donors (Lipinski definition) is 1. The number of piperidine rings is 1. The molecule has 2 aromatic heterocycles. The van der Waals surface area contributed by atoms with E-state index in [0.717, 1.165) is 43.6 Å². The van der Waals surface area contributed by atoms with Crippen molar-refractivity contribution in [2.24, 2.45) is 5.92 Å². The molecule has 2 aromatic rings. The molecule has 0 saturated carbocycles. The number of nitrogens with one attached hydrogen (secondary N) is 1. The minimum Gasteiger partial charge on any atom is -0.352 e. The number of nitrogens with zero attached hydrogens (tertiary/aromatic N) is 4. The third kappa shape index (κ3) is 4.89. The lowest BCUT2D eigenvalue weighted by molar-refractivity contribution is -0.141. The van der Waals surface area contributed by atoms with Crippen LogP contribution in [0.1, 0.15) is 28.9 Å². The van der Waals surface area contributed by atoms with Crippen molar-refractivity contribution < 1.29 is 22.4 Å². The number of amides is 1. The maximum atomic E-state index is 12.9. The molecule has 0 aromatic carbocycles. The lowest BCUT2D eigenvalue weighted by atomic mass is 9.97. The number of pyridine rings is 1. The van der Waals surface area contributed by atoms with Crippen molar-refractivity contribution >= 4 is 11.9 Å². The molecule has 10 heteroatoms. The van der Waals surface area contributed by atoms with Gasteiger partial charge in [-0.2, -0.15) is 13.2 Å². The fraction of sp³-hybridized carbons (Fsp3) is 0.412. The molecule has 1 saturated heterocycles. The van der Waals surface area contributed by atoms with E-state index in [1.54, 1.807) is 0 Å². The molecule has 144 valence electrons. The van der Waals surface area contributed by atoms with Crippen molar-refractivity contribution in [3.63, 3.8) is 0 Å². The van der Waals surface area contributed by atoms with Gasteiger partial charge in [0.2, 0.25) is 5.95 Å². The summed E-state index contributed by atoms with van der Waals surface area (Å²) in [4.78, 5) is 25.2. The van der Waals surface area contributed by atoms with Crippen LogP contribution in [0.4, 0.5) is 23.5 Å². The second-order valence-corrected chi connectivity index (χ2v) is 6.27. The quantitative estimate of drug-likeness (QED) is 0.822. The summed E-state index contributed by atoms with van der Waals surface area (Å²) >= 11 is 0. The Hall–Kier alpha value is -2.78. The van der Waals surface area contributed by atoms with Crippen LogP contribution in [-0.4, -0.2) is 40.5 Å². The summed E-state index contributed by atoms with van der Waals surface area (Å²) in [5.41, 5.74) is -0.949. The van der Waals surface area contributed by atoms with E-state index in [9.17, 15) is 22.4 Å². The van der Waals surface area contributed by atoms with Crippen molar-refractivity contribution in [2.75, 3.05) is 24.5 Å². The van der Waals surface area contributed by atoms with E-state index >= 15 is 0 Å². The number of carbonyl (C=O) groups is 1. The largest absolute Gasteiger partial charge is 0.433 e. The van der Waals surface area contributed by atoms with E-state index in [1.165, 1.54) is 0 Å². The first-order valence-electron chi connectivity index (χ1n) is 8.37. The minimum absolute atomic E-state index is 0.0835. The molecule has 3 heterocycles. The van der Waals surface area contributed by atoms with E-state index in [2.05, 4.69) is 20.3 Å². The number of halogens is 4. The number of aromatic nitrogens is 3. The second-order valence-electron chi connectivity index (χ2n) is 6.27. The number of anilines is 1. The minimum atomic E-state index is -4.53. The van der Waals surface area contributed by atoms with E-state index in [4.69, 9.17) is 0 Å². The SMILES string of the molecule is O=C(NCC1CCN(c2ncc(F)cn2)CC1)c1ccc(C(F)(F)F)nc1. The Kier molecular flexibility index (Phi) is 5.52. The highest BCUT2D eigenvalue weighted by Crippen LogP contribution is 2.27. The summed E-state index contributed by atoms with van der Waals surface area (Å²) in [6, 6.07) is 1.90. The van der Waals surface area contributed by atoms with Crippen LogP contribution in [0.25, 0.3) is 0 Å². The number of carbonyl (C=O) groups excluding carboxylic acids is 1. The summed E-state index contributed by atoms with van der Waals surface area (Å²) in [6.45, 7) is 1.76. The van der Waals surface area contributed by atoms with Crippen LogP contribution >= 0.6 is 0 Å². The maximum absolute atomic E-state index is 12.9. The van der Waals surface area contributed by atoms with Gasteiger partial charge in [-0.15, -0.1) is 0 Å². The maximum Gasteiger partial charge on any atom is 0.433 e. The first-order valence-corrected chi connectivity index (χ1v) is 8.37. The van der Waals surface area contributed by atoms with Crippen LogP contribution in [0.2, 0.25) is 0 Å². The fourth-order valence-corrected chi connectivity index (χ4v) is 2.84. The Balaban J connectivity index is 1.47. The second kappa shape index (κ2) is 7.85. The van der Waals surface area contributed by atoms with Gasteiger partial charge >= 0.3 is 6.18 Å². The molecule has 0 radical (unpaired) electrons. The molecular weight excluding hydrogens is 366 g/mol. The summed E-state index contributed by atoms with van der Waals surface area (Å²) in [6.07, 6.45) is 0.196. The molecule has 1 aliphatic rings. The summed E-state index contributed by atoms with van der Waals surface area (Å²) in [7, 11) is 0. The molecule has 0 spiro atoms. The zero-order valence-corrected chi connectivity index (χ0v) is 14.2. The third-order valence-corrected chi connectivity index (χ3v) is 4.37. The number of rotatable bonds is 4. The summed E-state index contributed by atoms with van der Waals surface area (Å²) < 4.78 is 50.3. The van der Waals surface area contributed by atoms with Crippen LogP contribution in [0.15, 0.2) is 30.7 Å². The Bertz CT molecular complexity index is 771. The normalized spacial score (nSPS) is 15.6. The first kappa shape index (κ1) is 19.0. The summed E-state index contributed by atoms with van der Waals surface area (Å²) in [5.74, 6) is -0.252. The molecule has 6 nitrogen and oxygen atoms in total. The van der Waals surface area contributed by atoms with Gasteiger partial charge in [0, 0.05) is 25.8 Å². The average molecular weight is 383 g/mol. The van der Waals surface area contributed by atoms with Gasteiger partial charge in [-0.3, -0.25) is 9.78 Å². The van der Waals surface area contributed by atoms with Crippen LogP contribution in [-0.2, 0) is 6.18 Å². The van der Waals surface area contributed by atoms with Crippen LogP contribution < -0.4 is 10.2 Å². The Morgan fingerprint density at radius 2 is 1.78 bits per heavy atom. The van der Waals surface area contributed by atoms with Crippen molar-refractivity contribution in [3.8, 4) is 0 Å². The zero-order valence-electron chi connectivity index (χ0n) is 14.2. The molecule has 27 heavy (non-hydrogen) atoms. The standard InChI is InChI=1S/C17H17F4N5O/c18-13-9-24-16(25-10-13)26-5-3-11(4-6-26)7-23-15(27)12-1-2-14(22-8-12)17(19,20)21/h1-2,8-11H,3-7H2,(H,23,27). The number of alkyl halides is 3. The van der Waals surface area contributed by atoms with E-state index in [-0.39, 0.29) is 11.5 Å². The van der Waals surface area contributed by atoms with E-state index in [0.29, 0.717) is 25.6 Å². The highest BCUT2D eigenvalue weighted by molar-refractivity contribution is 5.93. The topological polar surface area (TPSA) is 71.0 Å². The third-order valence-electron chi connectivity index (χ3n) is 4.37. The molecule has 0 atom stereocenters. The highest BCUT2D eigenvalue weighted by atomic mass is 19.4. The highest BCUT2D eigenvalue weighted by Gasteiger charge is 2.32. The van der Waals surface area contributed by atoms with Gasteiger partial charge in [-0.1, -0.05) is 0 Å². The van der Waals surface area contributed by atoms with Gasteiger partial charge in [0.1, 0.15) is 5.69 Å². The molecular formula is C17H17F4N5O. The van der Waals surface area contributed by atoms with E-state index < -0.39 is 23.6 Å². The lowest BCUT2D eigenvalue weighted by Gasteiger charge is -2.31. The van der Waals surface area contributed by atoms with Crippen LogP contribution in [0.3, 0.4) is 0 Å². The Labute approximate surface area is 152 Å². The lowest BCUT2D eigenvalue weighted by Crippen LogP contribution is -2.39. The first-order chi connectivity index (χ1) is 12.8. The predicted octanol–water partition coefficient (Wildman–Crippen LogP) is 2.68. The van der Waals surface area contributed by atoms with Gasteiger partial charge in [-0.05, 0) is 30.9 Å².